The van der Waals surface area contributed by atoms with Crippen LogP contribution in [0, 0.1) is 0 Å². The van der Waals surface area contributed by atoms with Crippen molar-refractivity contribution in [3.63, 3.8) is 0 Å². The third-order valence-corrected chi connectivity index (χ3v) is 3.95. The fourth-order valence-corrected chi connectivity index (χ4v) is 2.93. The van der Waals surface area contributed by atoms with Gasteiger partial charge in [0.2, 0.25) is 0 Å². The Morgan fingerprint density at radius 1 is 1.41 bits per heavy atom. The van der Waals surface area contributed by atoms with Crippen molar-refractivity contribution in [2.75, 3.05) is 5.73 Å². The van der Waals surface area contributed by atoms with E-state index in [-0.39, 0.29) is 12.1 Å². The van der Waals surface area contributed by atoms with Gasteiger partial charge < -0.3 is 5.73 Å². The lowest BCUT2D eigenvalue weighted by molar-refractivity contribution is 0.551. The zero-order valence-corrected chi connectivity index (χ0v) is 10.5. The van der Waals surface area contributed by atoms with Crippen molar-refractivity contribution in [2.45, 2.75) is 31.8 Å². The Morgan fingerprint density at radius 3 is 2.71 bits per heavy atom. The topological polar surface area (TPSA) is 84.2 Å². The highest BCUT2D eigenvalue weighted by molar-refractivity contribution is 7.87. The molecular formula is C11H17N3O2S. The monoisotopic (exact) mass is 255 g/mol. The summed E-state index contributed by atoms with van der Waals surface area (Å²) in [5.41, 5.74) is 7.14. The third kappa shape index (κ3) is 3.69. The molecule has 5 nitrogen and oxygen atoms in total. The van der Waals surface area contributed by atoms with Gasteiger partial charge in [-0.2, -0.15) is 17.9 Å². The van der Waals surface area contributed by atoms with E-state index in [9.17, 15) is 8.42 Å². The molecule has 1 atom stereocenters. The zero-order valence-electron chi connectivity index (χ0n) is 9.68. The number of nitrogen functional groups attached to an aromatic ring is 1. The van der Waals surface area contributed by atoms with E-state index in [2.05, 4.69) is 9.44 Å². The van der Waals surface area contributed by atoms with Crippen LogP contribution in [0.2, 0.25) is 0 Å². The number of hydrogen-bond donors (Lipinski definition) is 3. The van der Waals surface area contributed by atoms with Crippen LogP contribution in [0.1, 0.15) is 31.4 Å². The number of benzene rings is 1. The highest BCUT2D eigenvalue weighted by atomic mass is 32.2. The lowest BCUT2D eigenvalue weighted by Gasteiger charge is -2.15. The van der Waals surface area contributed by atoms with Crippen molar-refractivity contribution in [3.05, 3.63) is 29.8 Å². The van der Waals surface area contributed by atoms with Gasteiger partial charge in [0, 0.05) is 17.8 Å². The van der Waals surface area contributed by atoms with Gasteiger partial charge in [-0.05, 0) is 37.5 Å². The van der Waals surface area contributed by atoms with Gasteiger partial charge >= 0.3 is 0 Å². The molecular weight excluding hydrogens is 238 g/mol. The van der Waals surface area contributed by atoms with Crippen molar-refractivity contribution >= 4 is 15.9 Å². The Bertz CT molecular complexity index is 497. The minimum absolute atomic E-state index is 0.112. The average molecular weight is 255 g/mol. The summed E-state index contributed by atoms with van der Waals surface area (Å²) >= 11 is 0. The molecule has 0 radical (unpaired) electrons. The summed E-state index contributed by atoms with van der Waals surface area (Å²) < 4.78 is 28.5. The SMILES string of the molecule is CC(NS(=O)(=O)NC1CC1)c1cccc(N)c1. The number of anilines is 1. The van der Waals surface area contributed by atoms with E-state index in [0.29, 0.717) is 5.69 Å². The Balaban J connectivity index is 2.02. The summed E-state index contributed by atoms with van der Waals surface area (Å²) in [6.07, 6.45) is 1.85. The quantitative estimate of drug-likeness (QED) is 0.684. The Labute approximate surface area is 102 Å². The maximum atomic E-state index is 11.7. The van der Waals surface area contributed by atoms with Crippen molar-refractivity contribution in [2.24, 2.45) is 0 Å². The molecule has 2 rings (SSSR count). The molecule has 0 aliphatic heterocycles. The molecule has 0 amide bonds. The molecule has 1 unspecified atom stereocenters. The van der Waals surface area contributed by atoms with Crippen LogP contribution in [0.15, 0.2) is 24.3 Å². The fraction of sp³-hybridized carbons (Fsp3) is 0.455. The molecule has 1 aromatic rings. The van der Waals surface area contributed by atoms with Crippen molar-refractivity contribution in [3.8, 4) is 0 Å². The van der Waals surface area contributed by atoms with Gasteiger partial charge in [-0.1, -0.05) is 12.1 Å². The van der Waals surface area contributed by atoms with Crippen molar-refractivity contribution < 1.29 is 8.42 Å². The standard InChI is InChI=1S/C11H17N3O2S/c1-8(9-3-2-4-10(12)7-9)13-17(15,16)14-11-5-6-11/h2-4,7-8,11,13-14H,5-6,12H2,1H3. The normalized spacial score (nSPS) is 17.9. The molecule has 94 valence electrons. The molecule has 1 fully saturated rings. The molecule has 17 heavy (non-hydrogen) atoms. The summed E-state index contributed by atoms with van der Waals surface area (Å²) in [5, 5.41) is 0. The smallest absolute Gasteiger partial charge is 0.277 e. The maximum Gasteiger partial charge on any atom is 0.277 e. The summed E-state index contributed by atoms with van der Waals surface area (Å²) in [5.74, 6) is 0. The molecule has 1 aromatic carbocycles. The first-order valence-electron chi connectivity index (χ1n) is 5.61. The lowest BCUT2D eigenvalue weighted by Crippen LogP contribution is -2.39. The molecule has 0 heterocycles. The summed E-state index contributed by atoms with van der Waals surface area (Å²) in [6.45, 7) is 1.79. The molecule has 0 saturated heterocycles. The van der Waals surface area contributed by atoms with E-state index in [1.54, 1.807) is 19.1 Å². The number of hydrogen-bond acceptors (Lipinski definition) is 3. The van der Waals surface area contributed by atoms with Crippen LogP contribution in [0.5, 0.6) is 0 Å². The Morgan fingerprint density at radius 2 is 2.12 bits per heavy atom. The Hall–Kier alpha value is -1.11. The van der Waals surface area contributed by atoms with Gasteiger partial charge in [-0.25, -0.2) is 0 Å². The van der Waals surface area contributed by atoms with Gasteiger partial charge in [0.1, 0.15) is 0 Å². The first-order chi connectivity index (χ1) is 7.96. The highest BCUT2D eigenvalue weighted by Gasteiger charge is 2.27. The summed E-state index contributed by atoms with van der Waals surface area (Å²) in [7, 11) is -3.42. The van der Waals surface area contributed by atoms with Crippen LogP contribution in [-0.2, 0) is 10.2 Å². The average Bonchev–Trinajstić information content (AvgIpc) is 3.00. The van der Waals surface area contributed by atoms with Crippen molar-refractivity contribution in [1.29, 1.82) is 0 Å². The Kier molecular flexibility index (Phi) is 3.37. The predicted molar refractivity (Wildman–Crippen MR) is 67.5 cm³/mol. The van der Waals surface area contributed by atoms with Gasteiger partial charge in [0.25, 0.3) is 10.2 Å². The van der Waals surface area contributed by atoms with Gasteiger partial charge in [-0.3, -0.25) is 0 Å². The van der Waals surface area contributed by atoms with Crippen LogP contribution in [0.3, 0.4) is 0 Å². The van der Waals surface area contributed by atoms with E-state index < -0.39 is 10.2 Å². The summed E-state index contributed by atoms with van der Waals surface area (Å²) in [4.78, 5) is 0. The second kappa shape index (κ2) is 4.64. The van der Waals surface area contributed by atoms with Gasteiger partial charge in [-0.15, -0.1) is 0 Å². The van der Waals surface area contributed by atoms with Crippen LogP contribution in [0.4, 0.5) is 5.69 Å². The zero-order chi connectivity index (χ0) is 12.5. The van der Waals surface area contributed by atoms with E-state index in [4.69, 9.17) is 5.73 Å². The third-order valence-electron chi connectivity index (χ3n) is 2.64. The first kappa shape index (κ1) is 12.3. The predicted octanol–water partition coefficient (Wildman–Crippen LogP) is 0.916. The molecule has 1 aliphatic rings. The van der Waals surface area contributed by atoms with E-state index in [1.807, 2.05) is 12.1 Å². The van der Waals surface area contributed by atoms with Crippen LogP contribution in [0.25, 0.3) is 0 Å². The highest BCUT2D eigenvalue weighted by Crippen LogP contribution is 2.20. The largest absolute Gasteiger partial charge is 0.399 e. The molecule has 0 aromatic heterocycles. The number of nitrogens with two attached hydrogens (primary N) is 1. The van der Waals surface area contributed by atoms with Gasteiger partial charge in [0.05, 0.1) is 0 Å². The minimum atomic E-state index is -3.42. The van der Waals surface area contributed by atoms with Crippen LogP contribution < -0.4 is 15.2 Å². The molecule has 1 aliphatic carbocycles. The number of rotatable bonds is 5. The minimum Gasteiger partial charge on any atom is -0.399 e. The molecule has 4 N–H and O–H groups in total. The van der Waals surface area contributed by atoms with Crippen LogP contribution in [-0.4, -0.2) is 14.5 Å². The van der Waals surface area contributed by atoms with E-state index in [1.165, 1.54) is 0 Å². The fourth-order valence-electron chi connectivity index (χ4n) is 1.58. The van der Waals surface area contributed by atoms with E-state index in [0.717, 1.165) is 18.4 Å². The second-order valence-corrected chi connectivity index (χ2v) is 5.88. The molecule has 1 saturated carbocycles. The summed E-state index contributed by atoms with van der Waals surface area (Å²) in [6, 6.07) is 7.01. The maximum absolute atomic E-state index is 11.7. The number of nitrogens with one attached hydrogen (secondary N) is 2. The van der Waals surface area contributed by atoms with E-state index >= 15 is 0 Å². The first-order valence-corrected chi connectivity index (χ1v) is 7.09. The molecule has 0 spiro atoms. The second-order valence-electron chi connectivity index (χ2n) is 4.41. The molecule has 6 heteroatoms. The lowest BCUT2D eigenvalue weighted by atomic mass is 10.1. The van der Waals surface area contributed by atoms with Crippen molar-refractivity contribution in [1.82, 2.24) is 9.44 Å². The molecule has 0 bridgehead atoms. The van der Waals surface area contributed by atoms with Crippen LogP contribution >= 0.6 is 0 Å². The van der Waals surface area contributed by atoms with Gasteiger partial charge in [0.15, 0.2) is 0 Å².